The highest BCUT2D eigenvalue weighted by Gasteiger charge is 2.33. The Morgan fingerprint density at radius 2 is 1.80 bits per heavy atom. The topological polar surface area (TPSA) is 69.9 Å². The molecule has 0 N–H and O–H groups in total. The summed E-state index contributed by atoms with van der Waals surface area (Å²) in [7, 11) is 0. The maximum Gasteiger partial charge on any atom is 0.338 e. The summed E-state index contributed by atoms with van der Waals surface area (Å²) in [6.07, 6.45) is 3.74. The Morgan fingerprint density at radius 1 is 1.05 bits per heavy atom. The van der Waals surface area contributed by atoms with Gasteiger partial charge in [0.2, 0.25) is 0 Å². The van der Waals surface area contributed by atoms with E-state index in [-0.39, 0.29) is 12.2 Å². The molecule has 41 heavy (non-hydrogen) atoms. The Labute approximate surface area is 251 Å². The molecule has 1 aliphatic heterocycles. The molecule has 2 heterocycles. The van der Waals surface area contributed by atoms with Gasteiger partial charge in [0.25, 0.3) is 5.56 Å². The Morgan fingerprint density at radius 3 is 2.51 bits per heavy atom. The SMILES string of the molecule is CCCCOc1ccc(C2C(C(=O)OCc3ccccc3)=C(C)N=c3sc(=Cc4ccc(Cl)c(Cl)c4)c(=O)n32)cc1. The highest BCUT2D eigenvalue weighted by molar-refractivity contribution is 7.07. The minimum atomic E-state index is -0.727. The maximum atomic E-state index is 13.9. The van der Waals surface area contributed by atoms with Gasteiger partial charge in [-0.2, -0.15) is 0 Å². The van der Waals surface area contributed by atoms with Crippen LogP contribution in [0.5, 0.6) is 5.75 Å². The minimum Gasteiger partial charge on any atom is -0.494 e. The summed E-state index contributed by atoms with van der Waals surface area (Å²) in [6.45, 7) is 4.60. The van der Waals surface area contributed by atoms with E-state index in [2.05, 4.69) is 11.9 Å². The first-order valence-corrected chi connectivity index (χ1v) is 14.8. The molecular weight excluding hydrogens is 579 g/mol. The summed E-state index contributed by atoms with van der Waals surface area (Å²) in [6, 6.07) is 21.4. The Kier molecular flexibility index (Phi) is 9.08. The lowest BCUT2D eigenvalue weighted by atomic mass is 9.96. The van der Waals surface area contributed by atoms with Gasteiger partial charge in [-0.25, -0.2) is 9.79 Å². The number of aromatic nitrogens is 1. The smallest absolute Gasteiger partial charge is 0.338 e. The van der Waals surface area contributed by atoms with Crippen LogP contribution in [-0.4, -0.2) is 17.1 Å². The minimum absolute atomic E-state index is 0.106. The van der Waals surface area contributed by atoms with E-state index in [0.717, 1.165) is 35.3 Å². The lowest BCUT2D eigenvalue weighted by molar-refractivity contribution is -0.140. The van der Waals surface area contributed by atoms with Crippen molar-refractivity contribution in [2.45, 2.75) is 39.3 Å². The highest BCUT2D eigenvalue weighted by Crippen LogP contribution is 2.32. The maximum absolute atomic E-state index is 13.9. The zero-order chi connectivity index (χ0) is 28.9. The molecule has 4 aromatic rings. The van der Waals surface area contributed by atoms with Crippen LogP contribution >= 0.6 is 34.5 Å². The molecule has 0 aliphatic carbocycles. The molecular formula is C32H28Cl2N2O4S. The molecule has 1 unspecified atom stereocenters. The molecule has 6 nitrogen and oxygen atoms in total. The molecule has 0 amide bonds. The van der Waals surface area contributed by atoms with Crippen molar-refractivity contribution < 1.29 is 14.3 Å². The predicted octanol–water partition coefficient (Wildman–Crippen LogP) is 6.46. The van der Waals surface area contributed by atoms with Crippen molar-refractivity contribution >= 4 is 46.6 Å². The molecule has 0 spiro atoms. The van der Waals surface area contributed by atoms with Crippen molar-refractivity contribution in [2.75, 3.05) is 6.61 Å². The summed E-state index contributed by atoms with van der Waals surface area (Å²) < 4.78 is 13.6. The number of hydrogen-bond donors (Lipinski definition) is 0. The van der Waals surface area contributed by atoms with Crippen LogP contribution in [0.15, 0.2) is 93.9 Å². The second kappa shape index (κ2) is 12.9. The number of benzene rings is 3. The molecule has 1 aliphatic rings. The number of ether oxygens (including phenoxy) is 2. The molecule has 3 aromatic carbocycles. The average Bonchev–Trinajstić information content (AvgIpc) is 3.28. The van der Waals surface area contributed by atoms with Crippen molar-refractivity contribution in [1.82, 2.24) is 4.57 Å². The number of allylic oxidation sites excluding steroid dienone is 1. The molecule has 9 heteroatoms. The van der Waals surface area contributed by atoms with Gasteiger partial charge < -0.3 is 9.47 Å². The summed E-state index contributed by atoms with van der Waals surface area (Å²) in [5.41, 5.74) is 2.88. The Bertz CT molecular complexity index is 1780. The van der Waals surface area contributed by atoms with Crippen LogP contribution < -0.4 is 19.6 Å². The van der Waals surface area contributed by atoms with Gasteiger partial charge in [0.05, 0.1) is 38.5 Å². The first-order chi connectivity index (χ1) is 19.9. The molecule has 1 atom stereocenters. The standard InChI is InChI=1S/C32H28Cl2N2O4S/c1-3-4-16-39-24-13-11-23(12-14-24)29-28(31(38)40-19-21-8-6-5-7-9-21)20(2)35-32-36(29)30(37)27(41-32)18-22-10-15-25(33)26(34)17-22/h5-15,17-18,29H,3-4,16,19H2,1-2H3. The predicted molar refractivity (Wildman–Crippen MR) is 163 cm³/mol. The van der Waals surface area contributed by atoms with Gasteiger partial charge in [-0.05, 0) is 60.4 Å². The third-order valence-corrected chi connectivity index (χ3v) is 8.38. The number of rotatable bonds is 9. The van der Waals surface area contributed by atoms with E-state index in [9.17, 15) is 9.59 Å². The fourth-order valence-corrected chi connectivity index (χ4v) is 5.89. The van der Waals surface area contributed by atoms with Gasteiger partial charge in [0.1, 0.15) is 12.4 Å². The number of thiazole rings is 1. The summed E-state index contributed by atoms with van der Waals surface area (Å²) in [5, 5.41) is 0.827. The molecule has 0 bridgehead atoms. The van der Waals surface area contributed by atoms with Crippen LogP contribution in [0.3, 0.4) is 0 Å². The van der Waals surface area contributed by atoms with Crippen LogP contribution in [-0.2, 0) is 16.1 Å². The number of unbranched alkanes of at least 4 members (excludes halogenated alkanes) is 1. The fraction of sp³-hybridized carbons (Fsp3) is 0.219. The van der Waals surface area contributed by atoms with Gasteiger partial charge in [-0.15, -0.1) is 0 Å². The first kappa shape index (κ1) is 28.9. The van der Waals surface area contributed by atoms with Crippen LogP contribution in [0.2, 0.25) is 10.0 Å². The average molecular weight is 608 g/mol. The normalized spacial score (nSPS) is 14.9. The number of halogens is 2. The third-order valence-electron chi connectivity index (χ3n) is 6.66. The molecule has 0 saturated carbocycles. The van der Waals surface area contributed by atoms with Gasteiger partial charge in [-0.1, -0.05) is 96.4 Å². The summed E-state index contributed by atoms with van der Waals surface area (Å²) >= 11 is 13.5. The molecule has 0 saturated heterocycles. The second-order valence-corrected chi connectivity index (χ2v) is 11.4. The molecule has 0 fully saturated rings. The van der Waals surface area contributed by atoms with E-state index >= 15 is 0 Å². The monoisotopic (exact) mass is 606 g/mol. The van der Waals surface area contributed by atoms with Crippen molar-refractivity contribution in [3.8, 4) is 5.75 Å². The molecule has 1 aromatic heterocycles. The van der Waals surface area contributed by atoms with Crippen LogP contribution in [0.4, 0.5) is 0 Å². The van der Waals surface area contributed by atoms with Crippen molar-refractivity contribution in [1.29, 1.82) is 0 Å². The zero-order valence-corrected chi connectivity index (χ0v) is 24.9. The van der Waals surface area contributed by atoms with E-state index < -0.39 is 12.0 Å². The third kappa shape index (κ3) is 6.48. The Hall–Kier alpha value is -3.65. The first-order valence-electron chi connectivity index (χ1n) is 13.3. The van der Waals surface area contributed by atoms with E-state index in [1.54, 1.807) is 35.8 Å². The van der Waals surface area contributed by atoms with Gasteiger partial charge in [0.15, 0.2) is 4.80 Å². The lowest BCUT2D eigenvalue weighted by Gasteiger charge is -2.25. The molecule has 5 rings (SSSR count). The van der Waals surface area contributed by atoms with E-state index in [4.69, 9.17) is 32.7 Å². The number of nitrogens with zero attached hydrogens (tertiary/aromatic N) is 2. The Balaban J connectivity index is 1.57. The van der Waals surface area contributed by atoms with E-state index in [0.29, 0.717) is 37.3 Å². The molecule has 0 radical (unpaired) electrons. The van der Waals surface area contributed by atoms with Crippen LogP contribution in [0.25, 0.3) is 6.08 Å². The van der Waals surface area contributed by atoms with Crippen LogP contribution in [0.1, 0.15) is 49.4 Å². The quantitative estimate of drug-likeness (QED) is 0.162. The lowest BCUT2D eigenvalue weighted by Crippen LogP contribution is -2.39. The zero-order valence-electron chi connectivity index (χ0n) is 22.6. The largest absolute Gasteiger partial charge is 0.494 e. The fourth-order valence-electron chi connectivity index (χ4n) is 4.53. The summed E-state index contributed by atoms with van der Waals surface area (Å²) in [4.78, 5) is 32.6. The molecule has 210 valence electrons. The second-order valence-electron chi connectivity index (χ2n) is 9.59. The number of carbonyl (C=O) groups excluding carboxylic acids is 1. The van der Waals surface area contributed by atoms with Crippen molar-refractivity contribution in [2.24, 2.45) is 4.99 Å². The number of esters is 1. The number of hydrogen-bond acceptors (Lipinski definition) is 6. The van der Waals surface area contributed by atoms with E-state index in [1.807, 2.05) is 54.6 Å². The van der Waals surface area contributed by atoms with Crippen molar-refractivity contribution in [3.63, 3.8) is 0 Å². The number of fused-ring (bicyclic) bond motifs is 1. The van der Waals surface area contributed by atoms with Gasteiger partial charge in [0, 0.05) is 0 Å². The highest BCUT2D eigenvalue weighted by atomic mass is 35.5. The van der Waals surface area contributed by atoms with Gasteiger partial charge in [-0.3, -0.25) is 9.36 Å². The van der Waals surface area contributed by atoms with Gasteiger partial charge >= 0.3 is 5.97 Å². The van der Waals surface area contributed by atoms with Crippen LogP contribution in [0, 0.1) is 0 Å². The van der Waals surface area contributed by atoms with Crippen molar-refractivity contribution in [3.05, 3.63) is 130 Å². The van der Waals surface area contributed by atoms with E-state index in [1.165, 1.54) is 11.3 Å². The number of carbonyl (C=O) groups is 1. The summed E-state index contributed by atoms with van der Waals surface area (Å²) in [5.74, 6) is 0.199.